The van der Waals surface area contributed by atoms with Crippen LogP contribution in [0.2, 0.25) is 0 Å². The number of anilines is 1. The second-order valence-corrected chi connectivity index (χ2v) is 7.34. The fourth-order valence-corrected chi connectivity index (χ4v) is 3.40. The van der Waals surface area contributed by atoms with E-state index in [1.54, 1.807) is 45.9 Å². The van der Waals surface area contributed by atoms with E-state index < -0.39 is 5.25 Å². The molecule has 3 aromatic rings. The lowest BCUT2D eigenvalue weighted by Gasteiger charge is -2.14. The summed E-state index contributed by atoms with van der Waals surface area (Å²) in [6.07, 6.45) is 1.61. The van der Waals surface area contributed by atoms with Crippen LogP contribution in [0.15, 0.2) is 53.9 Å². The van der Waals surface area contributed by atoms with Gasteiger partial charge >= 0.3 is 0 Å². The third kappa shape index (κ3) is 5.00. The normalized spacial score (nSPS) is 11.6. The fraction of sp³-hybridized carbons (Fsp3) is 0.250. The lowest BCUT2D eigenvalue weighted by Crippen LogP contribution is -2.23. The summed E-state index contributed by atoms with van der Waals surface area (Å²) < 4.78 is 17.5. The Morgan fingerprint density at radius 1 is 1.00 bits per heavy atom. The standard InChI is InChI=1S/C20H22N4O4S/c1-13(19(25)22-14-9-17(27-3)11-18(10-14)28-4)29-20-23-21-12-24(20)15-5-7-16(26-2)8-6-15/h5-13H,1-4H3,(H,22,25). The summed E-state index contributed by atoms with van der Waals surface area (Å²) in [4.78, 5) is 12.7. The van der Waals surface area contributed by atoms with Crippen LogP contribution in [-0.4, -0.2) is 47.3 Å². The maximum Gasteiger partial charge on any atom is 0.237 e. The molecule has 1 N–H and O–H groups in total. The number of hydrogen-bond acceptors (Lipinski definition) is 7. The number of rotatable bonds is 8. The van der Waals surface area contributed by atoms with Gasteiger partial charge in [-0.1, -0.05) is 11.8 Å². The molecule has 1 amide bonds. The summed E-state index contributed by atoms with van der Waals surface area (Å²) in [5.74, 6) is 1.78. The van der Waals surface area contributed by atoms with E-state index in [1.807, 2.05) is 35.8 Å². The highest BCUT2D eigenvalue weighted by atomic mass is 32.2. The van der Waals surface area contributed by atoms with Gasteiger partial charge in [-0.25, -0.2) is 0 Å². The van der Waals surface area contributed by atoms with Crippen LogP contribution in [0.3, 0.4) is 0 Å². The summed E-state index contributed by atoms with van der Waals surface area (Å²) in [7, 11) is 4.74. The predicted molar refractivity (Wildman–Crippen MR) is 111 cm³/mol. The third-order valence-corrected chi connectivity index (χ3v) is 5.19. The van der Waals surface area contributed by atoms with Gasteiger partial charge in [-0.3, -0.25) is 9.36 Å². The highest BCUT2D eigenvalue weighted by Gasteiger charge is 2.19. The Hall–Kier alpha value is -3.20. The molecular formula is C20H22N4O4S. The Bertz CT molecular complexity index is 953. The van der Waals surface area contributed by atoms with E-state index in [0.717, 1.165) is 11.4 Å². The quantitative estimate of drug-likeness (QED) is 0.565. The Morgan fingerprint density at radius 3 is 2.21 bits per heavy atom. The molecule has 0 aliphatic heterocycles. The summed E-state index contributed by atoms with van der Waals surface area (Å²) >= 11 is 1.31. The molecule has 1 atom stereocenters. The van der Waals surface area contributed by atoms with Crippen LogP contribution in [-0.2, 0) is 4.79 Å². The van der Waals surface area contributed by atoms with Crippen LogP contribution in [0.25, 0.3) is 5.69 Å². The molecule has 29 heavy (non-hydrogen) atoms. The zero-order valence-electron chi connectivity index (χ0n) is 16.6. The molecule has 9 heteroatoms. The highest BCUT2D eigenvalue weighted by molar-refractivity contribution is 8.00. The van der Waals surface area contributed by atoms with Gasteiger partial charge in [0.25, 0.3) is 0 Å². The minimum Gasteiger partial charge on any atom is -0.497 e. The van der Waals surface area contributed by atoms with Gasteiger partial charge in [0.15, 0.2) is 5.16 Å². The largest absolute Gasteiger partial charge is 0.497 e. The number of benzene rings is 2. The first-order valence-corrected chi connectivity index (χ1v) is 9.67. The zero-order valence-corrected chi connectivity index (χ0v) is 17.4. The number of amides is 1. The van der Waals surface area contributed by atoms with Gasteiger partial charge < -0.3 is 19.5 Å². The molecule has 1 heterocycles. The lowest BCUT2D eigenvalue weighted by atomic mass is 10.2. The van der Waals surface area contributed by atoms with Gasteiger partial charge in [0.1, 0.15) is 23.6 Å². The minimum atomic E-state index is -0.409. The predicted octanol–water partition coefficient (Wildman–Crippen LogP) is 3.41. The molecule has 152 valence electrons. The molecule has 0 radical (unpaired) electrons. The van der Waals surface area contributed by atoms with Crippen molar-refractivity contribution in [2.45, 2.75) is 17.3 Å². The molecule has 0 fully saturated rings. The van der Waals surface area contributed by atoms with Crippen molar-refractivity contribution in [1.82, 2.24) is 14.8 Å². The molecule has 0 spiro atoms. The lowest BCUT2D eigenvalue weighted by molar-refractivity contribution is -0.115. The number of aromatic nitrogens is 3. The zero-order chi connectivity index (χ0) is 20.8. The van der Waals surface area contributed by atoms with Crippen molar-refractivity contribution in [2.24, 2.45) is 0 Å². The molecule has 8 nitrogen and oxygen atoms in total. The summed E-state index contributed by atoms with van der Waals surface area (Å²) in [6.45, 7) is 1.81. The summed E-state index contributed by atoms with van der Waals surface area (Å²) in [5, 5.41) is 11.2. The van der Waals surface area contributed by atoms with Crippen molar-refractivity contribution in [1.29, 1.82) is 0 Å². The van der Waals surface area contributed by atoms with Crippen molar-refractivity contribution in [3.8, 4) is 22.9 Å². The van der Waals surface area contributed by atoms with Gasteiger partial charge in [-0.2, -0.15) is 0 Å². The molecule has 0 aliphatic rings. The van der Waals surface area contributed by atoms with E-state index in [9.17, 15) is 4.79 Å². The smallest absolute Gasteiger partial charge is 0.237 e. The topological polar surface area (TPSA) is 87.5 Å². The second kappa shape index (κ2) is 9.33. The van der Waals surface area contributed by atoms with Crippen molar-refractivity contribution in [3.63, 3.8) is 0 Å². The molecule has 3 rings (SSSR count). The summed E-state index contributed by atoms with van der Waals surface area (Å²) in [6, 6.07) is 12.7. The number of thioether (sulfide) groups is 1. The highest BCUT2D eigenvalue weighted by Crippen LogP contribution is 2.28. The Kier molecular flexibility index (Phi) is 6.61. The van der Waals surface area contributed by atoms with E-state index >= 15 is 0 Å². The molecule has 0 aliphatic carbocycles. The van der Waals surface area contributed by atoms with Crippen molar-refractivity contribution >= 4 is 23.4 Å². The van der Waals surface area contributed by atoms with Crippen molar-refractivity contribution in [2.75, 3.05) is 26.6 Å². The molecule has 0 saturated carbocycles. The van der Waals surface area contributed by atoms with Crippen LogP contribution in [0.4, 0.5) is 5.69 Å². The van der Waals surface area contributed by atoms with Crippen LogP contribution in [0.5, 0.6) is 17.2 Å². The van der Waals surface area contributed by atoms with E-state index in [1.165, 1.54) is 11.8 Å². The van der Waals surface area contributed by atoms with E-state index in [-0.39, 0.29) is 5.91 Å². The van der Waals surface area contributed by atoms with Crippen LogP contribution >= 0.6 is 11.8 Å². The van der Waals surface area contributed by atoms with E-state index in [0.29, 0.717) is 22.3 Å². The number of carbonyl (C=O) groups excluding carboxylic acids is 1. The molecular weight excluding hydrogens is 392 g/mol. The Balaban J connectivity index is 1.71. The first-order chi connectivity index (χ1) is 14.0. The number of nitrogens with zero attached hydrogens (tertiary/aromatic N) is 3. The Labute approximate surface area is 173 Å². The summed E-state index contributed by atoms with van der Waals surface area (Å²) in [5.41, 5.74) is 1.47. The fourth-order valence-electron chi connectivity index (χ4n) is 2.56. The monoisotopic (exact) mass is 414 g/mol. The van der Waals surface area contributed by atoms with Gasteiger partial charge in [0.2, 0.25) is 5.91 Å². The first-order valence-electron chi connectivity index (χ1n) is 8.79. The molecule has 0 bridgehead atoms. The average molecular weight is 414 g/mol. The third-order valence-electron chi connectivity index (χ3n) is 4.14. The van der Waals surface area contributed by atoms with Crippen LogP contribution in [0.1, 0.15) is 6.92 Å². The van der Waals surface area contributed by atoms with Crippen LogP contribution < -0.4 is 19.5 Å². The molecule has 1 aromatic heterocycles. The number of ether oxygens (including phenoxy) is 3. The number of hydrogen-bond donors (Lipinski definition) is 1. The average Bonchev–Trinajstić information content (AvgIpc) is 3.21. The van der Waals surface area contributed by atoms with E-state index in [2.05, 4.69) is 15.5 Å². The van der Waals surface area contributed by atoms with Gasteiger partial charge in [-0.05, 0) is 31.2 Å². The van der Waals surface area contributed by atoms with E-state index in [4.69, 9.17) is 14.2 Å². The number of nitrogens with one attached hydrogen (secondary N) is 1. The first kappa shape index (κ1) is 20.5. The minimum absolute atomic E-state index is 0.172. The maximum absolute atomic E-state index is 12.7. The van der Waals surface area contributed by atoms with Crippen molar-refractivity contribution < 1.29 is 19.0 Å². The molecule has 2 aromatic carbocycles. The molecule has 1 unspecified atom stereocenters. The number of carbonyl (C=O) groups is 1. The van der Waals surface area contributed by atoms with Gasteiger partial charge in [0.05, 0.1) is 26.6 Å². The van der Waals surface area contributed by atoms with Gasteiger partial charge in [-0.15, -0.1) is 10.2 Å². The molecule has 0 saturated heterocycles. The second-order valence-electron chi connectivity index (χ2n) is 6.03. The van der Waals surface area contributed by atoms with Gasteiger partial charge in [0, 0.05) is 29.6 Å². The SMILES string of the molecule is COc1ccc(-n2cnnc2SC(C)C(=O)Nc2cc(OC)cc(OC)c2)cc1. The number of methoxy groups -OCH3 is 3. The van der Waals surface area contributed by atoms with Crippen LogP contribution in [0, 0.1) is 0 Å². The van der Waals surface area contributed by atoms with Crippen molar-refractivity contribution in [3.05, 3.63) is 48.8 Å². The Morgan fingerprint density at radius 2 is 1.62 bits per heavy atom. The maximum atomic E-state index is 12.7.